The number of thioether (sulfide) groups is 1. The van der Waals surface area contributed by atoms with Crippen molar-refractivity contribution in [2.75, 3.05) is 25.2 Å². The molecule has 1 aliphatic carbocycles. The van der Waals surface area contributed by atoms with Crippen molar-refractivity contribution in [3.8, 4) is 11.1 Å². The van der Waals surface area contributed by atoms with Crippen molar-refractivity contribution in [1.29, 1.82) is 0 Å². The smallest absolute Gasteiger partial charge is 0.407 e. The van der Waals surface area contributed by atoms with Gasteiger partial charge in [0, 0.05) is 18.5 Å². The van der Waals surface area contributed by atoms with Crippen LogP contribution >= 0.6 is 11.8 Å². The Morgan fingerprint density at radius 3 is 2.31 bits per heavy atom. The minimum absolute atomic E-state index is 0.0523. The third-order valence-electron chi connectivity index (χ3n) is 7.05. The molecule has 1 aliphatic heterocycles. The predicted octanol–water partition coefficient (Wildman–Crippen LogP) is 4.36. The zero-order valence-electron chi connectivity index (χ0n) is 20.1. The SMILES string of the molecule is CSCC[C@H](NC(=O)OCC1c2ccccc2-c2ccccc21)C(=O)N1CC[C@@H](C(=O)O)C[C@H]1C. The molecule has 1 fully saturated rings. The number of fused-ring (bicyclic) bond motifs is 3. The number of piperidine rings is 1. The number of amides is 2. The van der Waals surface area contributed by atoms with E-state index in [1.165, 1.54) is 0 Å². The number of hydrogen-bond acceptors (Lipinski definition) is 5. The van der Waals surface area contributed by atoms with Gasteiger partial charge in [0.15, 0.2) is 0 Å². The van der Waals surface area contributed by atoms with E-state index in [1.807, 2.05) is 37.4 Å². The fourth-order valence-electron chi connectivity index (χ4n) is 5.20. The van der Waals surface area contributed by atoms with Crippen LogP contribution in [0.3, 0.4) is 0 Å². The van der Waals surface area contributed by atoms with Gasteiger partial charge in [-0.15, -0.1) is 0 Å². The molecule has 2 amide bonds. The molecule has 2 N–H and O–H groups in total. The van der Waals surface area contributed by atoms with Crippen LogP contribution in [0, 0.1) is 5.92 Å². The standard InChI is InChI=1S/C27H32N2O5S/c1-17-15-18(26(31)32)11-13-29(17)25(30)24(12-14-35-2)28-27(33)34-16-23-21-9-5-3-7-19(21)20-8-4-6-10-22(20)23/h3-10,17-18,23-24H,11-16H2,1-2H3,(H,28,33)(H,31,32)/t17-,18-,24+/m1/s1. The van der Waals surface area contributed by atoms with Gasteiger partial charge in [0.05, 0.1) is 5.92 Å². The lowest BCUT2D eigenvalue weighted by Gasteiger charge is -2.38. The first-order chi connectivity index (χ1) is 16.9. The van der Waals surface area contributed by atoms with Crippen LogP contribution < -0.4 is 5.32 Å². The maximum atomic E-state index is 13.3. The second-order valence-electron chi connectivity index (χ2n) is 9.24. The Kier molecular flexibility index (Phi) is 8.00. The summed E-state index contributed by atoms with van der Waals surface area (Å²) in [4.78, 5) is 39.2. The van der Waals surface area contributed by atoms with Gasteiger partial charge in [0.25, 0.3) is 0 Å². The zero-order chi connectivity index (χ0) is 24.9. The Hall–Kier alpha value is -3.00. The van der Waals surface area contributed by atoms with Gasteiger partial charge < -0.3 is 20.1 Å². The third-order valence-corrected chi connectivity index (χ3v) is 7.70. The van der Waals surface area contributed by atoms with Gasteiger partial charge in [-0.1, -0.05) is 48.5 Å². The monoisotopic (exact) mass is 496 g/mol. The number of carbonyl (C=O) groups is 3. The highest BCUT2D eigenvalue weighted by Gasteiger charge is 2.36. The topological polar surface area (TPSA) is 95.9 Å². The summed E-state index contributed by atoms with van der Waals surface area (Å²) in [5, 5.41) is 12.1. The van der Waals surface area contributed by atoms with E-state index in [0.717, 1.165) is 22.3 Å². The molecule has 0 aromatic heterocycles. The third kappa shape index (κ3) is 5.48. The van der Waals surface area contributed by atoms with E-state index >= 15 is 0 Å². The van der Waals surface area contributed by atoms with E-state index in [9.17, 15) is 19.5 Å². The quantitative estimate of drug-likeness (QED) is 0.564. The molecule has 2 aromatic carbocycles. The van der Waals surface area contributed by atoms with E-state index in [1.54, 1.807) is 16.7 Å². The van der Waals surface area contributed by atoms with E-state index in [0.29, 0.717) is 31.6 Å². The number of carboxylic acid groups (broad SMARTS) is 1. The number of likely N-dealkylation sites (tertiary alicyclic amines) is 1. The minimum Gasteiger partial charge on any atom is -0.481 e. The summed E-state index contributed by atoms with van der Waals surface area (Å²) < 4.78 is 5.66. The lowest BCUT2D eigenvalue weighted by Crippen LogP contribution is -2.54. The molecule has 4 rings (SSSR count). The maximum absolute atomic E-state index is 13.3. The first kappa shape index (κ1) is 25.1. The van der Waals surface area contributed by atoms with Crippen molar-refractivity contribution in [2.24, 2.45) is 5.92 Å². The van der Waals surface area contributed by atoms with Gasteiger partial charge in [0.2, 0.25) is 5.91 Å². The van der Waals surface area contributed by atoms with E-state index in [2.05, 4.69) is 29.6 Å². The van der Waals surface area contributed by atoms with Gasteiger partial charge in [-0.25, -0.2) is 4.79 Å². The Balaban J connectivity index is 1.40. The number of rotatable bonds is 8. The van der Waals surface area contributed by atoms with Gasteiger partial charge in [-0.2, -0.15) is 11.8 Å². The van der Waals surface area contributed by atoms with Gasteiger partial charge in [-0.05, 0) is 60.4 Å². The molecule has 1 heterocycles. The molecule has 35 heavy (non-hydrogen) atoms. The molecule has 2 aromatic rings. The van der Waals surface area contributed by atoms with Crippen molar-refractivity contribution < 1.29 is 24.2 Å². The molecular formula is C27H32N2O5S. The first-order valence-electron chi connectivity index (χ1n) is 12.0. The maximum Gasteiger partial charge on any atom is 0.407 e. The minimum atomic E-state index is -0.820. The lowest BCUT2D eigenvalue weighted by atomic mass is 9.91. The summed E-state index contributed by atoms with van der Waals surface area (Å²) in [7, 11) is 0. The second-order valence-corrected chi connectivity index (χ2v) is 10.2. The Labute approximate surface area is 210 Å². The Morgan fingerprint density at radius 2 is 1.74 bits per heavy atom. The Bertz CT molecular complexity index is 1050. The number of ether oxygens (including phenoxy) is 1. The fraction of sp³-hybridized carbons (Fsp3) is 0.444. The number of nitrogens with one attached hydrogen (secondary N) is 1. The van der Waals surface area contributed by atoms with Gasteiger partial charge >= 0.3 is 12.1 Å². The van der Waals surface area contributed by atoms with Crippen molar-refractivity contribution in [3.05, 3.63) is 59.7 Å². The van der Waals surface area contributed by atoms with Crippen molar-refractivity contribution >= 4 is 29.7 Å². The van der Waals surface area contributed by atoms with E-state index in [-0.39, 0.29) is 24.5 Å². The average molecular weight is 497 g/mol. The van der Waals surface area contributed by atoms with Crippen molar-refractivity contribution in [1.82, 2.24) is 10.2 Å². The van der Waals surface area contributed by atoms with E-state index in [4.69, 9.17) is 4.74 Å². The Morgan fingerprint density at radius 1 is 1.11 bits per heavy atom. The molecule has 3 atom stereocenters. The van der Waals surface area contributed by atoms with Crippen LogP contribution in [-0.4, -0.2) is 65.2 Å². The molecule has 2 aliphatic rings. The number of alkyl carbamates (subject to hydrolysis) is 1. The van der Waals surface area contributed by atoms with E-state index < -0.39 is 24.0 Å². The van der Waals surface area contributed by atoms with Crippen LogP contribution in [0.15, 0.2) is 48.5 Å². The number of benzene rings is 2. The second kappa shape index (κ2) is 11.2. The van der Waals surface area contributed by atoms with Crippen LogP contribution in [0.5, 0.6) is 0 Å². The van der Waals surface area contributed by atoms with Gasteiger partial charge in [-0.3, -0.25) is 9.59 Å². The molecule has 0 unspecified atom stereocenters. The first-order valence-corrected chi connectivity index (χ1v) is 13.4. The molecule has 0 spiro atoms. The highest BCUT2D eigenvalue weighted by atomic mass is 32.2. The number of carbonyl (C=O) groups excluding carboxylic acids is 2. The molecule has 1 saturated heterocycles. The van der Waals surface area contributed by atoms with Gasteiger partial charge in [0.1, 0.15) is 12.6 Å². The summed E-state index contributed by atoms with van der Waals surface area (Å²) in [5.41, 5.74) is 4.58. The van der Waals surface area contributed by atoms with Crippen molar-refractivity contribution in [3.63, 3.8) is 0 Å². The normalized spacial score (nSPS) is 20.0. The lowest BCUT2D eigenvalue weighted by molar-refractivity contribution is -0.148. The zero-order valence-corrected chi connectivity index (χ0v) is 20.9. The van der Waals surface area contributed by atoms with Crippen LogP contribution in [0.4, 0.5) is 4.79 Å². The van der Waals surface area contributed by atoms with Crippen LogP contribution in [0.1, 0.15) is 43.2 Å². The van der Waals surface area contributed by atoms with Crippen LogP contribution in [0.2, 0.25) is 0 Å². The summed E-state index contributed by atoms with van der Waals surface area (Å²) in [6, 6.07) is 15.4. The number of aliphatic carboxylic acids is 1. The highest BCUT2D eigenvalue weighted by molar-refractivity contribution is 7.98. The number of hydrogen-bond donors (Lipinski definition) is 2. The molecule has 0 bridgehead atoms. The molecule has 8 heteroatoms. The average Bonchev–Trinajstić information content (AvgIpc) is 3.18. The largest absolute Gasteiger partial charge is 0.481 e. The van der Waals surface area contributed by atoms with Crippen LogP contribution in [-0.2, 0) is 14.3 Å². The molecule has 0 radical (unpaired) electrons. The van der Waals surface area contributed by atoms with Crippen molar-refractivity contribution in [2.45, 2.75) is 44.2 Å². The van der Waals surface area contributed by atoms with Crippen LogP contribution in [0.25, 0.3) is 11.1 Å². The molecule has 186 valence electrons. The highest BCUT2D eigenvalue weighted by Crippen LogP contribution is 2.44. The molecular weight excluding hydrogens is 464 g/mol. The molecule has 0 saturated carbocycles. The number of nitrogens with zero attached hydrogens (tertiary/aromatic N) is 1. The fourth-order valence-corrected chi connectivity index (χ4v) is 5.67. The summed E-state index contributed by atoms with van der Waals surface area (Å²) >= 11 is 1.60. The predicted molar refractivity (Wildman–Crippen MR) is 137 cm³/mol. The number of carboxylic acids is 1. The summed E-state index contributed by atoms with van der Waals surface area (Å²) in [5.74, 6) is -0.777. The summed E-state index contributed by atoms with van der Waals surface area (Å²) in [6.07, 6.45) is 2.66. The molecule has 7 nitrogen and oxygen atoms in total. The summed E-state index contributed by atoms with van der Waals surface area (Å²) in [6.45, 7) is 2.43.